The molecular formula is C16H19N3O. The van der Waals surface area contributed by atoms with Crippen LogP contribution in [0.3, 0.4) is 0 Å². The van der Waals surface area contributed by atoms with E-state index in [0.29, 0.717) is 5.56 Å². The molecule has 0 saturated heterocycles. The first-order valence-corrected chi connectivity index (χ1v) is 6.93. The molecule has 3 N–H and O–H groups in total. The third-order valence-corrected chi connectivity index (χ3v) is 4.01. The molecule has 1 amide bonds. The number of benzene rings is 1. The van der Waals surface area contributed by atoms with Crippen molar-refractivity contribution in [1.29, 1.82) is 0 Å². The van der Waals surface area contributed by atoms with Crippen LogP contribution in [0.25, 0.3) is 0 Å². The van der Waals surface area contributed by atoms with E-state index in [0.717, 1.165) is 37.3 Å². The maximum atomic E-state index is 11.7. The quantitative estimate of drug-likeness (QED) is 0.889. The Morgan fingerprint density at radius 3 is 2.80 bits per heavy atom. The van der Waals surface area contributed by atoms with E-state index >= 15 is 0 Å². The van der Waals surface area contributed by atoms with Gasteiger partial charge in [0, 0.05) is 37.4 Å². The molecule has 4 nitrogen and oxygen atoms in total. The van der Waals surface area contributed by atoms with Crippen LogP contribution in [0.5, 0.6) is 0 Å². The number of rotatable bonds is 3. The van der Waals surface area contributed by atoms with Gasteiger partial charge in [-0.3, -0.25) is 4.79 Å². The normalized spacial score (nSPS) is 14.1. The number of fused-ring (bicyclic) bond motifs is 1. The van der Waals surface area contributed by atoms with Gasteiger partial charge in [0.25, 0.3) is 5.91 Å². The summed E-state index contributed by atoms with van der Waals surface area (Å²) < 4.78 is 2.24. The minimum atomic E-state index is -0.325. The zero-order chi connectivity index (χ0) is 14.1. The molecule has 2 aromatic rings. The summed E-state index contributed by atoms with van der Waals surface area (Å²) in [6.45, 7) is 4.46. The maximum absolute atomic E-state index is 11.7. The number of carbonyl (C=O) groups excluding carboxylic acids is 1. The van der Waals surface area contributed by atoms with Gasteiger partial charge in [0.2, 0.25) is 0 Å². The fourth-order valence-corrected chi connectivity index (χ4v) is 3.07. The zero-order valence-corrected chi connectivity index (χ0v) is 11.6. The molecule has 1 aromatic carbocycles. The lowest BCUT2D eigenvalue weighted by Crippen LogP contribution is -2.26. The largest absolute Gasteiger partial charge is 0.366 e. The van der Waals surface area contributed by atoms with Crippen molar-refractivity contribution in [3.8, 4) is 0 Å². The molecule has 0 spiro atoms. The van der Waals surface area contributed by atoms with Crippen molar-refractivity contribution in [1.82, 2.24) is 9.88 Å². The lowest BCUT2D eigenvalue weighted by Gasteiger charge is -2.17. The molecule has 0 fully saturated rings. The van der Waals surface area contributed by atoms with Crippen LogP contribution < -0.4 is 11.1 Å². The zero-order valence-electron chi connectivity index (χ0n) is 11.6. The minimum absolute atomic E-state index is 0.325. The molecule has 1 aliphatic heterocycles. The first-order chi connectivity index (χ1) is 9.68. The number of amides is 1. The Bertz CT molecular complexity index is 643. The number of nitrogens with two attached hydrogens (primary N) is 1. The van der Waals surface area contributed by atoms with Crippen molar-refractivity contribution in [2.24, 2.45) is 5.73 Å². The van der Waals surface area contributed by atoms with Crippen molar-refractivity contribution in [2.75, 3.05) is 6.54 Å². The molecule has 0 unspecified atom stereocenters. The summed E-state index contributed by atoms with van der Waals surface area (Å²) in [4.78, 5) is 11.7. The summed E-state index contributed by atoms with van der Waals surface area (Å²) >= 11 is 0. The van der Waals surface area contributed by atoms with Gasteiger partial charge in [0.15, 0.2) is 0 Å². The van der Waals surface area contributed by atoms with Gasteiger partial charge in [-0.2, -0.15) is 0 Å². The summed E-state index contributed by atoms with van der Waals surface area (Å²) in [6, 6.07) is 10.3. The van der Waals surface area contributed by atoms with Crippen molar-refractivity contribution < 1.29 is 4.79 Å². The number of hydrogen-bond acceptors (Lipinski definition) is 2. The highest BCUT2D eigenvalue weighted by molar-refractivity contribution is 5.96. The smallest absolute Gasteiger partial charge is 0.250 e. The van der Waals surface area contributed by atoms with Gasteiger partial charge in [0.1, 0.15) is 0 Å². The number of hydrogen-bond donors (Lipinski definition) is 2. The minimum Gasteiger partial charge on any atom is -0.366 e. The molecule has 0 bridgehead atoms. The standard InChI is InChI=1S/C16H19N3O/c1-11-15(16(17)20)13-9-18-8-7-14(13)19(11)10-12-5-3-2-4-6-12/h2-6,18H,7-10H2,1H3,(H2,17,20). The highest BCUT2D eigenvalue weighted by Gasteiger charge is 2.25. The first-order valence-electron chi connectivity index (χ1n) is 6.93. The van der Waals surface area contributed by atoms with Gasteiger partial charge in [-0.15, -0.1) is 0 Å². The molecule has 0 saturated carbocycles. The molecule has 20 heavy (non-hydrogen) atoms. The Labute approximate surface area is 118 Å². The van der Waals surface area contributed by atoms with E-state index in [4.69, 9.17) is 5.73 Å². The second-order valence-corrected chi connectivity index (χ2v) is 5.25. The highest BCUT2D eigenvalue weighted by Crippen LogP contribution is 2.26. The van der Waals surface area contributed by atoms with E-state index in [2.05, 4.69) is 22.0 Å². The topological polar surface area (TPSA) is 60.1 Å². The van der Waals surface area contributed by atoms with Crippen LogP contribution in [-0.2, 0) is 19.5 Å². The first kappa shape index (κ1) is 12.9. The highest BCUT2D eigenvalue weighted by atomic mass is 16.1. The Kier molecular flexibility index (Phi) is 3.32. The fourth-order valence-electron chi connectivity index (χ4n) is 3.07. The molecule has 2 heterocycles. The number of nitrogens with zero attached hydrogens (tertiary/aromatic N) is 1. The number of primary amides is 1. The van der Waals surface area contributed by atoms with E-state index in [1.807, 2.05) is 25.1 Å². The van der Waals surface area contributed by atoms with Crippen LogP contribution in [0.2, 0.25) is 0 Å². The van der Waals surface area contributed by atoms with E-state index in [1.165, 1.54) is 11.3 Å². The molecular weight excluding hydrogens is 250 g/mol. The average molecular weight is 269 g/mol. The third kappa shape index (κ3) is 2.12. The van der Waals surface area contributed by atoms with Gasteiger partial charge in [-0.25, -0.2) is 0 Å². The monoisotopic (exact) mass is 269 g/mol. The lowest BCUT2D eigenvalue weighted by atomic mass is 10.0. The van der Waals surface area contributed by atoms with Crippen LogP contribution in [0, 0.1) is 6.92 Å². The molecule has 4 heteroatoms. The van der Waals surface area contributed by atoms with Gasteiger partial charge >= 0.3 is 0 Å². The average Bonchev–Trinajstić information content (AvgIpc) is 2.73. The van der Waals surface area contributed by atoms with Crippen molar-refractivity contribution in [2.45, 2.75) is 26.4 Å². The molecule has 0 radical (unpaired) electrons. The van der Waals surface area contributed by atoms with E-state index in [1.54, 1.807) is 0 Å². The van der Waals surface area contributed by atoms with E-state index in [9.17, 15) is 4.79 Å². The van der Waals surface area contributed by atoms with Crippen LogP contribution in [0.4, 0.5) is 0 Å². The Balaban J connectivity index is 2.08. The van der Waals surface area contributed by atoms with Crippen LogP contribution in [-0.4, -0.2) is 17.0 Å². The summed E-state index contributed by atoms with van der Waals surface area (Å²) in [5, 5.41) is 3.32. The summed E-state index contributed by atoms with van der Waals surface area (Å²) in [5.74, 6) is -0.325. The summed E-state index contributed by atoms with van der Waals surface area (Å²) in [7, 11) is 0. The number of aromatic nitrogens is 1. The van der Waals surface area contributed by atoms with Crippen molar-refractivity contribution in [3.63, 3.8) is 0 Å². The maximum Gasteiger partial charge on any atom is 0.250 e. The molecule has 1 aromatic heterocycles. The fraction of sp³-hybridized carbons (Fsp3) is 0.312. The number of nitrogens with one attached hydrogen (secondary N) is 1. The van der Waals surface area contributed by atoms with Gasteiger partial charge in [0.05, 0.1) is 5.56 Å². The molecule has 1 aliphatic rings. The van der Waals surface area contributed by atoms with Crippen LogP contribution >= 0.6 is 0 Å². The SMILES string of the molecule is Cc1c(C(N)=O)c2c(n1Cc1ccccc1)CCNC2. The molecule has 104 valence electrons. The summed E-state index contributed by atoms with van der Waals surface area (Å²) in [6.07, 6.45) is 0.941. The number of carbonyl (C=O) groups is 1. The predicted octanol–water partition coefficient (Wildman–Crippen LogP) is 1.59. The van der Waals surface area contributed by atoms with Gasteiger partial charge in [-0.1, -0.05) is 30.3 Å². The van der Waals surface area contributed by atoms with Crippen LogP contribution in [0.15, 0.2) is 30.3 Å². The van der Waals surface area contributed by atoms with Crippen molar-refractivity contribution >= 4 is 5.91 Å². The van der Waals surface area contributed by atoms with Crippen LogP contribution in [0.1, 0.15) is 32.9 Å². The Morgan fingerprint density at radius 1 is 1.35 bits per heavy atom. The van der Waals surface area contributed by atoms with Crippen molar-refractivity contribution in [3.05, 3.63) is 58.4 Å². The molecule has 0 atom stereocenters. The molecule has 3 rings (SSSR count). The lowest BCUT2D eigenvalue weighted by molar-refractivity contribution is 0.0998. The van der Waals surface area contributed by atoms with Gasteiger partial charge < -0.3 is 15.6 Å². The van der Waals surface area contributed by atoms with Gasteiger partial charge in [-0.05, 0) is 18.1 Å². The second kappa shape index (κ2) is 5.13. The van der Waals surface area contributed by atoms with E-state index in [-0.39, 0.29) is 5.91 Å². The van der Waals surface area contributed by atoms with E-state index < -0.39 is 0 Å². The molecule has 0 aliphatic carbocycles. The predicted molar refractivity (Wildman–Crippen MR) is 78.6 cm³/mol. The third-order valence-electron chi connectivity index (χ3n) is 4.01. The second-order valence-electron chi connectivity index (χ2n) is 5.25. The summed E-state index contributed by atoms with van der Waals surface area (Å²) in [5.41, 5.74) is 10.8. The Morgan fingerprint density at radius 2 is 2.10 bits per heavy atom. The Hall–Kier alpha value is -2.07.